The molecule has 8 heteroatoms. The van der Waals surface area contributed by atoms with Crippen LogP contribution in [0.1, 0.15) is 23.7 Å². The Kier molecular flexibility index (Phi) is 6.15. The molecule has 3 heterocycles. The molecule has 2 aliphatic rings. The largest absolute Gasteiger partial charge is 0.368 e. The van der Waals surface area contributed by atoms with Crippen molar-refractivity contribution in [2.75, 3.05) is 68.1 Å². The molecule has 2 aliphatic heterocycles. The van der Waals surface area contributed by atoms with Crippen molar-refractivity contribution in [2.24, 2.45) is 0 Å². The van der Waals surface area contributed by atoms with Gasteiger partial charge < -0.3 is 24.9 Å². The number of aromatic nitrogens is 2. The summed E-state index contributed by atoms with van der Waals surface area (Å²) in [7, 11) is 4.01. The van der Waals surface area contributed by atoms with Crippen molar-refractivity contribution in [2.45, 2.75) is 26.8 Å². The van der Waals surface area contributed by atoms with E-state index in [0.29, 0.717) is 19.6 Å². The number of amides is 2. The van der Waals surface area contributed by atoms with E-state index >= 15 is 0 Å². The van der Waals surface area contributed by atoms with E-state index in [1.54, 1.807) is 0 Å². The number of fused-ring (bicyclic) bond motifs is 1. The fourth-order valence-electron chi connectivity index (χ4n) is 4.25. The number of hydrogen-bond acceptors (Lipinski definition) is 6. The molecule has 1 aromatic carbocycles. The van der Waals surface area contributed by atoms with Crippen LogP contribution in [0.2, 0.25) is 0 Å². The summed E-state index contributed by atoms with van der Waals surface area (Å²) < 4.78 is 0. The van der Waals surface area contributed by atoms with Crippen molar-refractivity contribution in [1.82, 2.24) is 20.2 Å². The fraction of sp³-hybridized carbons (Fsp3) is 0.522. The van der Waals surface area contributed by atoms with E-state index in [1.165, 1.54) is 11.3 Å². The number of carbonyl (C=O) groups is 1. The highest BCUT2D eigenvalue weighted by atomic mass is 16.2. The van der Waals surface area contributed by atoms with E-state index in [0.717, 1.165) is 55.6 Å². The van der Waals surface area contributed by atoms with Crippen LogP contribution in [-0.2, 0) is 13.0 Å². The first-order valence-corrected chi connectivity index (χ1v) is 11.1. The third-order valence-corrected chi connectivity index (χ3v) is 6.03. The van der Waals surface area contributed by atoms with Gasteiger partial charge in [-0.15, -0.1) is 0 Å². The molecule has 31 heavy (non-hydrogen) atoms. The van der Waals surface area contributed by atoms with Gasteiger partial charge in [0.1, 0.15) is 5.82 Å². The SMILES string of the molecule is CCNC(=O)N1CCc2nc(N3CCN(c4ccc(C)cc4)CC3)nc(N(C)C)c2C1. The topological polar surface area (TPSA) is 67.8 Å². The van der Waals surface area contributed by atoms with Gasteiger partial charge in [0, 0.05) is 71.0 Å². The number of carbonyl (C=O) groups excluding carboxylic acids is 1. The Hall–Kier alpha value is -3.03. The van der Waals surface area contributed by atoms with Gasteiger partial charge in [-0.3, -0.25) is 0 Å². The Morgan fingerprint density at radius 1 is 1.03 bits per heavy atom. The molecule has 0 unspecified atom stereocenters. The summed E-state index contributed by atoms with van der Waals surface area (Å²) in [6, 6.07) is 8.72. The molecule has 0 spiro atoms. The predicted molar refractivity (Wildman–Crippen MR) is 125 cm³/mol. The Labute approximate surface area is 184 Å². The maximum Gasteiger partial charge on any atom is 0.317 e. The van der Waals surface area contributed by atoms with Gasteiger partial charge in [0.15, 0.2) is 0 Å². The summed E-state index contributed by atoms with van der Waals surface area (Å²) >= 11 is 0. The number of aryl methyl sites for hydroxylation is 1. The van der Waals surface area contributed by atoms with Crippen LogP contribution < -0.4 is 20.0 Å². The van der Waals surface area contributed by atoms with Gasteiger partial charge in [-0.25, -0.2) is 9.78 Å². The van der Waals surface area contributed by atoms with E-state index in [4.69, 9.17) is 9.97 Å². The average Bonchev–Trinajstić information content (AvgIpc) is 2.78. The molecule has 1 fully saturated rings. The highest BCUT2D eigenvalue weighted by Gasteiger charge is 2.28. The summed E-state index contributed by atoms with van der Waals surface area (Å²) in [5.41, 5.74) is 4.68. The van der Waals surface area contributed by atoms with Crippen molar-refractivity contribution < 1.29 is 4.79 Å². The molecule has 8 nitrogen and oxygen atoms in total. The van der Waals surface area contributed by atoms with Gasteiger partial charge in [0.05, 0.1) is 12.2 Å². The van der Waals surface area contributed by atoms with Gasteiger partial charge in [-0.1, -0.05) is 17.7 Å². The van der Waals surface area contributed by atoms with Crippen LogP contribution in [0.4, 0.5) is 22.2 Å². The molecule has 0 saturated carbocycles. The van der Waals surface area contributed by atoms with Crippen LogP contribution in [0.3, 0.4) is 0 Å². The Morgan fingerprint density at radius 3 is 2.35 bits per heavy atom. The maximum absolute atomic E-state index is 12.3. The summed E-state index contributed by atoms with van der Waals surface area (Å²) in [5, 5.41) is 2.90. The molecular formula is C23H33N7O. The van der Waals surface area contributed by atoms with Crippen LogP contribution in [0.25, 0.3) is 0 Å². The zero-order valence-electron chi connectivity index (χ0n) is 19.1. The van der Waals surface area contributed by atoms with E-state index in [9.17, 15) is 4.79 Å². The summed E-state index contributed by atoms with van der Waals surface area (Å²) in [6.07, 6.45) is 0.756. The summed E-state index contributed by atoms with van der Waals surface area (Å²) in [6.45, 7) is 9.61. The average molecular weight is 424 g/mol. The van der Waals surface area contributed by atoms with Crippen molar-refractivity contribution in [3.63, 3.8) is 0 Å². The fourth-order valence-corrected chi connectivity index (χ4v) is 4.25. The van der Waals surface area contributed by atoms with E-state index in [-0.39, 0.29) is 6.03 Å². The number of nitrogens with zero attached hydrogens (tertiary/aromatic N) is 6. The third-order valence-electron chi connectivity index (χ3n) is 6.03. The lowest BCUT2D eigenvalue weighted by molar-refractivity contribution is 0.192. The standard InChI is InChI=1S/C23H33N7O/c1-5-24-23(31)30-11-10-20-19(16-30)21(27(3)4)26-22(25-20)29-14-12-28(13-15-29)18-8-6-17(2)7-9-18/h6-9H,5,10-16H2,1-4H3,(H,24,31). The molecule has 1 N–H and O–H groups in total. The minimum Gasteiger partial charge on any atom is -0.368 e. The Bertz CT molecular complexity index is 920. The van der Waals surface area contributed by atoms with Gasteiger partial charge in [0.2, 0.25) is 5.95 Å². The number of hydrogen-bond donors (Lipinski definition) is 1. The van der Waals surface area contributed by atoms with Gasteiger partial charge in [-0.05, 0) is 26.0 Å². The van der Waals surface area contributed by atoms with Crippen LogP contribution >= 0.6 is 0 Å². The number of rotatable bonds is 4. The molecule has 0 radical (unpaired) electrons. The monoisotopic (exact) mass is 423 g/mol. The lowest BCUT2D eigenvalue weighted by atomic mass is 10.1. The first-order chi connectivity index (χ1) is 15.0. The van der Waals surface area contributed by atoms with Crippen molar-refractivity contribution in [3.05, 3.63) is 41.1 Å². The molecule has 2 amide bonds. The summed E-state index contributed by atoms with van der Waals surface area (Å²) in [4.78, 5) is 30.8. The first kappa shape index (κ1) is 21.2. The van der Waals surface area contributed by atoms with Crippen molar-refractivity contribution in [3.8, 4) is 0 Å². The first-order valence-electron chi connectivity index (χ1n) is 11.1. The Balaban J connectivity index is 1.51. The van der Waals surface area contributed by atoms with E-state index < -0.39 is 0 Å². The number of urea groups is 1. The van der Waals surface area contributed by atoms with Gasteiger partial charge in [0.25, 0.3) is 0 Å². The normalized spacial score (nSPS) is 16.2. The molecule has 1 saturated heterocycles. The minimum absolute atomic E-state index is 0.0193. The highest BCUT2D eigenvalue weighted by molar-refractivity contribution is 5.75. The molecule has 0 aliphatic carbocycles. The molecule has 1 aromatic heterocycles. The minimum atomic E-state index is -0.0193. The quantitative estimate of drug-likeness (QED) is 0.814. The van der Waals surface area contributed by atoms with E-state index in [1.807, 2.05) is 30.8 Å². The molecule has 4 rings (SSSR count). The molecule has 2 aromatic rings. The zero-order chi connectivity index (χ0) is 22.0. The van der Waals surface area contributed by atoms with E-state index in [2.05, 4.69) is 46.3 Å². The lowest BCUT2D eigenvalue weighted by Crippen LogP contribution is -2.47. The number of benzene rings is 1. The summed E-state index contributed by atoms with van der Waals surface area (Å²) in [5.74, 6) is 1.72. The van der Waals surface area contributed by atoms with Crippen LogP contribution in [0.5, 0.6) is 0 Å². The second kappa shape index (κ2) is 8.99. The van der Waals surface area contributed by atoms with Gasteiger partial charge in [-0.2, -0.15) is 4.98 Å². The molecule has 0 bridgehead atoms. The predicted octanol–water partition coefficient (Wildman–Crippen LogP) is 2.27. The number of anilines is 3. The molecule has 0 atom stereocenters. The Morgan fingerprint density at radius 2 is 1.71 bits per heavy atom. The van der Waals surface area contributed by atoms with Crippen molar-refractivity contribution >= 4 is 23.5 Å². The molecular weight excluding hydrogens is 390 g/mol. The molecule has 166 valence electrons. The number of piperazine rings is 1. The van der Waals surface area contributed by atoms with Crippen LogP contribution in [0.15, 0.2) is 24.3 Å². The zero-order valence-corrected chi connectivity index (χ0v) is 19.1. The smallest absolute Gasteiger partial charge is 0.317 e. The maximum atomic E-state index is 12.3. The highest BCUT2D eigenvalue weighted by Crippen LogP contribution is 2.29. The van der Waals surface area contributed by atoms with Crippen LogP contribution in [-0.4, -0.2) is 74.3 Å². The van der Waals surface area contributed by atoms with Crippen LogP contribution in [0, 0.1) is 6.92 Å². The van der Waals surface area contributed by atoms with Crippen molar-refractivity contribution in [1.29, 1.82) is 0 Å². The van der Waals surface area contributed by atoms with Gasteiger partial charge >= 0.3 is 6.03 Å². The third kappa shape index (κ3) is 4.52. The second-order valence-electron chi connectivity index (χ2n) is 8.48. The second-order valence-corrected chi connectivity index (χ2v) is 8.48. The lowest BCUT2D eigenvalue weighted by Gasteiger charge is -2.37. The number of nitrogens with one attached hydrogen (secondary N) is 1.